The fourth-order valence-corrected chi connectivity index (χ4v) is 6.56. The molecule has 8 heteroatoms. The number of nitrogens with one attached hydrogen (secondary N) is 3. The second-order valence-corrected chi connectivity index (χ2v) is 9.99. The van der Waals surface area contributed by atoms with Gasteiger partial charge in [0, 0.05) is 12.5 Å². The molecule has 5 N–H and O–H groups in total. The lowest BCUT2D eigenvalue weighted by Crippen LogP contribution is -2.63. The average Bonchev–Trinajstić information content (AvgIpc) is 2.67. The van der Waals surface area contributed by atoms with E-state index in [4.69, 9.17) is 5.21 Å². The molecule has 4 bridgehead atoms. The highest BCUT2D eigenvalue weighted by Gasteiger charge is 2.56. The second kappa shape index (κ2) is 8.60. The second-order valence-electron chi connectivity index (χ2n) is 9.99. The molecule has 0 aromatic rings. The van der Waals surface area contributed by atoms with E-state index < -0.39 is 29.9 Å². The lowest BCUT2D eigenvalue weighted by Gasteiger charge is -2.59. The number of aliphatic hydroxyl groups is 1. The number of likely N-dealkylation sites (N-methyl/N-ethyl adjacent to an activating group) is 1. The van der Waals surface area contributed by atoms with Gasteiger partial charge in [-0.2, -0.15) is 0 Å². The summed E-state index contributed by atoms with van der Waals surface area (Å²) in [6.45, 7) is 3.78. The summed E-state index contributed by atoms with van der Waals surface area (Å²) in [6.07, 6.45) is 5.06. The maximum absolute atomic E-state index is 13.2. The van der Waals surface area contributed by atoms with Crippen LogP contribution in [0.4, 0.5) is 0 Å². The van der Waals surface area contributed by atoms with Crippen LogP contribution in [0, 0.1) is 35.0 Å². The van der Waals surface area contributed by atoms with Gasteiger partial charge in [0.2, 0.25) is 11.8 Å². The fourth-order valence-electron chi connectivity index (χ4n) is 6.56. The van der Waals surface area contributed by atoms with E-state index in [1.54, 1.807) is 7.05 Å². The Hall–Kier alpha value is -1.67. The Morgan fingerprint density at radius 3 is 1.90 bits per heavy atom. The predicted octanol–water partition coefficient (Wildman–Crippen LogP) is 0.962. The molecule has 0 aliphatic heterocycles. The summed E-state index contributed by atoms with van der Waals surface area (Å²) in [5.74, 6) is -0.901. The van der Waals surface area contributed by atoms with Crippen LogP contribution in [0.5, 0.6) is 0 Å². The van der Waals surface area contributed by atoms with Crippen molar-refractivity contribution in [3.63, 3.8) is 0 Å². The molecule has 0 aromatic carbocycles. The molecule has 4 aliphatic rings. The molecule has 0 aromatic heterocycles. The van der Waals surface area contributed by atoms with Crippen LogP contribution in [-0.4, -0.2) is 47.2 Å². The van der Waals surface area contributed by atoms with Gasteiger partial charge in [0.25, 0.3) is 5.91 Å². The summed E-state index contributed by atoms with van der Waals surface area (Å²) >= 11 is 0. The van der Waals surface area contributed by atoms with Gasteiger partial charge in [-0.1, -0.05) is 13.8 Å². The van der Waals surface area contributed by atoms with Gasteiger partial charge in [-0.25, -0.2) is 5.48 Å². The molecule has 0 saturated heterocycles. The van der Waals surface area contributed by atoms with Gasteiger partial charge >= 0.3 is 0 Å². The Morgan fingerprint density at radius 1 is 0.966 bits per heavy atom. The molecular formula is C21H35N3O5. The first-order chi connectivity index (χ1) is 13.7. The van der Waals surface area contributed by atoms with Crippen LogP contribution < -0.4 is 16.1 Å². The lowest BCUT2D eigenvalue weighted by molar-refractivity contribution is -0.150. The molecule has 0 spiro atoms. The summed E-state index contributed by atoms with van der Waals surface area (Å²) in [5, 5.41) is 24.8. The van der Waals surface area contributed by atoms with Gasteiger partial charge in [-0.15, -0.1) is 0 Å². The number of hydroxylamine groups is 1. The molecule has 3 atom stereocenters. The molecule has 4 fully saturated rings. The van der Waals surface area contributed by atoms with Crippen molar-refractivity contribution < 1.29 is 24.7 Å². The molecule has 0 unspecified atom stereocenters. The predicted molar refractivity (Wildman–Crippen MR) is 105 cm³/mol. The van der Waals surface area contributed by atoms with Crippen LogP contribution in [0.25, 0.3) is 0 Å². The molecule has 0 radical (unpaired) electrons. The Morgan fingerprint density at radius 2 is 1.48 bits per heavy atom. The minimum atomic E-state index is -1.68. The maximum Gasteiger partial charge on any atom is 0.272 e. The molecule has 0 heterocycles. The van der Waals surface area contributed by atoms with Crippen LogP contribution in [0.1, 0.15) is 58.8 Å². The average molecular weight is 410 g/mol. The van der Waals surface area contributed by atoms with E-state index in [9.17, 15) is 19.5 Å². The number of amides is 3. The molecule has 164 valence electrons. The van der Waals surface area contributed by atoms with Crippen molar-refractivity contribution in [3.05, 3.63) is 0 Å². The molecule has 4 aliphatic carbocycles. The van der Waals surface area contributed by atoms with Gasteiger partial charge in [-0.05, 0) is 68.6 Å². The topological polar surface area (TPSA) is 128 Å². The largest absolute Gasteiger partial charge is 0.382 e. The van der Waals surface area contributed by atoms with Gasteiger partial charge in [-0.3, -0.25) is 19.6 Å². The normalized spacial score (nSPS) is 33.1. The number of hydrogen-bond donors (Lipinski definition) is 5. The minimum Gasteiger partial charge on any atom is -0.382 e. The Kier molecular flexibility index (Phi) is 6.53. The monoisotopic (exact) mass is 409 g/mol. The van der Waals surface area contributed by atoms with Crippen molar-refractivity contribution in [2.45, 2.75) is 70.9 Å². The molecule has 8 nitrogen and oxygen atoms in total. The summed E-state index contributed by atoms with van der Waals surface area (Å²) in [5.41, 5.74) is 1.17. The quantitative estimate of drug-likeness (QED) is 0.301. The van der Waals surface area contributed by atoms with E-state index in [-0.39, 0.29) is 23.7 Å². The molecule has 4 rings (SSSR count). The van der Waals surface area contributed by atoms with Gasteiger partial charge in [0.15, 0.2) is 0 Å². The molecule has 4 saturated carbocycles. The first-order valence-electron chi connectivity index (χ1n) is 10.8. The summed E-state index contributed by atoms with van der Waals surface area (Å²) in [6, 6.07) is -0.674. The third-order valence-electron chi connectivity index (χ3n) is 7.32. The highest BCUT2D eigenvalue weighted by atomic mass is 16.5. The number of rotatable bonds is 8. The van der Waals surface area contributed by atoms with E-state index in [1.165, 1.54) is 24.7 Å². The first-order valence-corrected chi connectivity index (χ1v) is 10.8. The van der Waals surface area contributed by atoms with Crippen molar-refractivity contribution in [1.82, 2.24) is 16.1 Å². The van der Waals surface area contributed by atoms with Crippen molar-refractivity contribution in [2.24, 2.45) is 35.0 Å². The van der Waals surface area contributed by atoms with Crippen molar-refractivity contribution in [2.75, 3.05) is 7.05 Å². The maximum atomic E-state index is 13.2. The van der Waals surface area contributed by atoms with E-state index >= 15 is 0 Å². The smallest absolute Gasteiger partial charge is 0.272 e. The SMILES string of the molecule is CNC(=O)[C@@H](NC(=O)[C@H](CC(C)C)[C@H](O)C(=O)NO)C12CC3CC(CC(C3)C1)C2. The van der Waals surface area contributed by atoms with E-state index in [0.717, 1.165) is 19.3 Å². The summed E-state index contributed by atoms with van der Waals surface area (Å²) in [4.78, 5) is 37.8. The molecular weight excluding hydrogens is 374 g/mol. The Labute approximate surface area is 172 Å². The van der Waals surface area contributed by atoms with Crippen LogP contribution in [-0.2, 0) is 14.4 Å². The van der Waals surface area contributed by atoms with E-state index in [0.29, 0.717) is 17.8 Å². The standard InChI is InChI=1S/C21H35N3O5/c1-11(2)4-15(16(25)19(27)24-29)18(26)23-17(20(28)22-3)21-8-12-5-13(9-21)7-14(6-12)10-21/h11-17,25,29H,4-10H2,1-3H3,(H,22,28)(H,23,26)(H,24,27)/t12?,13?,14?,15-,16+,17-,21?/m1/s1. The Balaban J connectivity index is 1.83. The zero-order valence-corrected chi connectivity index (χ0v) is 17.6. The van der Waals surface area contributed by atoms with Crippen molar-refractivity contribution in [3.8, 4) is 0 Å². The number of carbonyl (C=O) groups excluding carboxylic acids is 3. The van der Waals surface area contributed by atoms with Crippen LogP contribution in [0.2, 0.25) is 0 Å². The van der Waals surface area contributed by atoms with Gasteiger partial charge < -0.3 is 15.7 Å². The summed E-state index contributed by atoms with van der Waals surface area (Å²) in [7, 11) is 1.57. The van der Waals surface area contributed by atoms with Crippen LogP contribution in [0.15, 0.2) is 0 Å². The van der Waals surface area contributed by atoms with Crippen LogP contribution in [0.3, 0.4) is 0 Å². The van der Waals surface area contributed by atoms with Crippen molar-refractivity contribution >= 4 is 17.7 Å². The lowest BCUT2D eigenvalue weighted by atomic mass is 9.47. The highest BCUT2D eigenvalue weighted by Crippen LogP contribution is 2.61. The van der Waals surface area contributed by atoms with E-state index in [2.05, 4.69) is 10.6 Å². The van der Waals surface area contributed by atoms with Crippen molar-refractivity contribution in [1.29, 1.82) is 0 Å². The van der Waals surface area contributed by atoms with Gasteiger partial charge in [0.1, 0.15) is 12.1 Å². The molecule has 29 heavy (non-hydrogen) atoms. The number of aliphatic hydroxyl groups excluding tert-OH is 1. The fraction of sp³-hybridized carbons (Fsp3) is 0.857. The summed E-state index contributed by atoms with van der Waals surface area (Å²) < 4.78 is 0. The zero-order valence-electron chi connectivity index (χ0n) is 17.6. The Bertz CT molecular complexity index is 615. The highest BCUT2D eigenvalue weighted by molar-refractivity contribution is 5.92. The first kappa shape index (κ1) is 22.0. The minimum absolute atomic E-state index is 0.0462. The zero-order chi connectivity index (χ0) is 21.3. The third kappa shape index (κ3) is 4.43. The third-order valence-corrected chi connectivity index (χ3v) is 7.32. The van der Waals surface area contributed by atoms with Gasteiger partial charge in [0.05, 0.1) is 5.92 Å². The number of carbonyl (C=O) groups is 3. The van der Waals surface area contributed by atoms with E-state index in [1.807, 2.05) is 13.8 Å². The molecule has 3 amide bonds. The number of hydrogen-bond acceptors (Lipinski definition) is 5. The van der Waals surface area contributed by atoms with Crippen LogP contribution >= 0.6 is 0 Å².